The highest BCUT2D eigenvalue weighted by atomic mass is 16.5. The number of aromatic amines is 1. The van der Waals surface area contributed by atoms with Crippen LogP contribution in [0.2, 0.25) is 0 Å². The maximum atomic E-state index is 12.4. The zero-order valence-electron chi connectivity index (χ0n) is 13.5. The molecule has 2 N–H and O–H groups in total. The maximum absolute atomic E-state index is 12.4. The molecule has 0 radical (unpaired) electrons. The zero-order chi connectivity index (χ0) is 17.8. The number of ether oxygens (including phenoxy) is 1. The van der Waals surface area contributed by atoms with Crippen molar-refractivity contribution in [1.29, 1.82) is 0 Å². The SMILES string of the molecule is Cc1ccc(-c2c(COc3ccccc3)nc(C(=O)O)[nH]c2=O)cc1. The first kappa shape index (κ1) is 16.4. The Hall–Kier alpha value is -3.41. The molecule has 0 unspecified atom stereocenters. The van der Waals surface area contributed by atoms with Crippen LogP contribution in [0.1, 0.15) is 21.9 Å². The number of hydrogen-bond acceptors (Lipinski definition) is 4. The van der Waals surface area contributed by atoms with Gasteiger partial charge in [-0.2, -0.15) is 0 Å². The molecule has 0 aliphatic carbocycles. The molecule has 3 rings (SSSR count). The molecule has 0 amide bonds. The summed E-state index contributed by atoms with van der Waals surface area (Å²) in [5.74, 6) is -1.10. The third kappa shape index (κ3) is 3.74. The maximum Gasteiger partial charge on any atom is 0.372 e. The summed E-state index contributed by atoms with van der Waals surface area (Å²) in [6, 6.07) is 16.4. The minimum atomic E-state index is -1.30. The number of nitrogens with zero attached hydrogens (tertiary/aromatic N) is 1. The summed E-state index contributed by atoms with van der Waals surface area (Å²) >= 11 is 0. The van der Waals surface area contributed by atoms with Crippen molar-refractivity contribution in [3.63, 3.8) is 0 Å². The van der Waals surface area contributed by atoms with Crippen molar-refractivity contribution in [1.82, 2.24) is 9.97 Å². The second-order valence-electron chi connectivity index (χ2n) is 5.51. The highest BCUT2D eigenvalue weighted by molar-refractivity contribution is 5.83. The van der Waals surface area contributed by atoms with Gasteiger partial charge in [0.1, 0.15) is 12.4 Å². The summed E-state index contributed by atoms with van der Waals surface area (Å²) in [7, 11) is 0. The number of aryl methyl sites for hydroxylation is 1. The van der Waals surface area contributed by atoms with Crippen LogP contribution in [0.4, 0.5) is 0 Å². The van der Waals surface area contributed by atoms with Gasteiger partial charge in [0.15, 0.2) is 0 Å². The number of nitrogens with one attached hydrogen (secondary N) is 1. The average molecular weight is 336 g/mol. The first-order chi connectivity index (χ1) is 12.0. The lowest BCUT2D eigenvalue weighted by Gasteiger charge is -2.11. The summed E-state index contributed by atoms with van der Waals surface area (Å²) in [5, 5.41) is 9.14. The summed E-state index contributed by atoms with van der Waals surface area (Å²) in [5.41, 5.74) is 1.78. The van der Waals surface area contributed by atoms with Crippen LogP contribution in [-0.4, -0.2) is 21.0 Å². The Labute approximate surface area is 143 Å². The second kappa shape index (κ2) is 7.00. The number of rotatable bonds is 5. The van der Waals surface area contributed by atoms with Gasteiger partial charge in [0.25, 0.3) is 5.56 Å². The number of H-pyrrole nitrogens is 1. The number of para-hydroxylation sites is 1. The molecule has 126 valence electrons. The Bertz CT molecular complexity index is 947. The van der Waals surface area contributed by atoms with Crippen molar-refractivity contribution < 1.29 is 14.6 Å². The third-order valence-corrected chi connectivity index (χ3v) is 3.66. The van der Waals surface area contributed by atoms with E-state index in [4.69, 9.17) is 9.84 Å². The largest absolute Gasteiger partial charge is 0.487 e. The molecule has 2 aromatic carbocycles. The Morgan fingerprint density at radius 1 is 1.12 bits per heavy atom. The lowest BCUT2D eigenvalue weighted by Crippen LogP contribution is -2.21. The zero-order valence-corrected chi connectivity index (χ0v) is 13.5. The van der Waals surface area contributed by atoms with Crippen molar-refractivity contribution in [2.24, 2.45) is 0 Å². The van der Waals surface area contributed by atoms with Gasteiger partial charge in [-0.1, -0.05) is 48.0 Å². The van der Waals surface area contributed by atoms with Crippen LogP contribution in [0.3, 0.4) is 0 Å². The van der Waals surface area contributed by atoms with Gasteiger partial charge in [-0.25, -0.2) is 9.78 Å². The van der Waals surface area contributed by atoms with Gasteiger partial charge >= 0.3 is 5.97 Å². The van der Waals surface area contributed by atoms with Crippen LogP contribution in [-0.2, 0) is 6.61 Å². The monoisotopic (exact) mass is 336 g/mol. The van der Waals surface area contributed by atoms with Gasteiger partial charge in [0.05, 0.1) is 11.3 Å². The van der Waals surface area contributed by atoms with Gasteiger partial charge in [-0.3, -0.25) is 4.79 Å². The van der Waals surface area contributed by atoms with Crippen LogP contribution in [0.5, 0.6) is 5.75 Å². The van der Waals surface area contributed by atoms with Crippen LogP contribution >= 0.6 is 0 Å². The Balaban J connectivity index is 2.04. The van der Waals surface area contributed by atoms with Gasteiger partial charge in [0.2, 0.25) is 5.82 Å². The fourth-order valence-corrected chi connectivity index (χ4v) is 2.41. The van der Waals surface area contributed by atoms with Crippen molar-refractivity contribution in [2.45, 2.75) is 13.5 Å². The van der Waals surface area contributed by atoms with Crippen LogP contribution < -0.4 is 10.3 Å². The molecule has 3 aromatic rings. The van der Waals surface area contributed by atoms with E-state index in [0.717, 1.165) is 5.56 Å². The Morgan fingerprint density at radius 2 is 1.80 bits per heavy atom. The molecule has 25 heavy (non-hydrogen) atoms. The molecule has 6 nitrogen and oxygen atoms in total. The predicted molar refractivity (Wildman–Crippen MR) is 92.8 cm³/mol. The van der Waals surface area contributed by atoms with Crippen molar-refractivity contribution in [3.05, 3.63) is 82.0 Å². The number of carboxylic acids is 1. The smallest absolute Gasteiger partial charge is 0.372 e. The Kier molecular flexibility index (Phi) is 4.61. The van der Waals surface area contributed by atoms with E-state index in [1.54, 1.807) is 24.3 Å². The first-order valence-corrected chi connectivity index (χ1v) is 7.66. The van der Waals surface area contributed by atoms with E-state index in [2.05, 4.69) is 9.97 Å². The molecular formula is C19H16N2O4. The molecule has 0 atom stereocenters. The van der Waals surface area contributed by atoms with Gasteiger partial charge in [-0.15, -0.1) is 0 Å². The lowest BCUT2D eigenvalue weighted by atomic mass is 10.0. The molecule has 0 saturated heterocycles. The number of benzene rings is 2. The molecular weight excluding hydrogens is 320 g/mol. The summed E-state index contributed by atoms with van der Waals surface area (Å²) in [4.78, 5) is 30.0. The molecule has 0 aliphatic heterocycles. The molecule has 1 heterocycles. The number of carboxylic acid groups (broad SMARTS) is 1. The van der Waals surface area contributed by atoms with Crippen molar-refractivity contribution >= 4 is 5.97 Å². The molecule has 6 heteroatoms. The lowest BCUT2D eigenvalue weighted by molar-refractivity contribution is 0.0682. The van der Waals surface area contributed by atoms with Crippen LogP contribution in [0.25, 0.3) is 11.1 Å². The average Bonchev–Trinajstić information content (AvgIpc) is 2.61. The van der Waals surface area contributed by atoms with E-state index < -0.39 is 17.4 Å². The van der Waals surface area contributed by atoms with Crippen LogP contribution in [0.15, 0.2) is 59.4 Å². The van der Waals surface area contributed by atoms with Crippen LogP contribution in [0, 0.1) is 6.92 Å². The topological polar surface area (TPSA) is 92.3 Å². The first-order valence-electron chi connectivity index (χ1n) is 7.66. The molecule has 0 fully saturated rings. The normalized spacial score (nSPS) is 10.4. The molecule has 0 bridgehead atoms. The van der Waals surface area contributed by atoms with E-state index in [1.165, 1.54) is 0 Å². The van der Waals surface area contributed by atoms with Gasteiger partial charge in [0, 0.05) is 0 Å². The molecule has 1 aromatic heterocycles. The summed E-state index contributed by atoms with van der Waals surface area (Å²) in [6.07, 6.45) is 0. The molecule has 0 saturated carbocycles. The standard InChI is InChI=1S/C19H16N2O4/c1-12-7-9-13(10-8-12)16-15(11-25-14-5-3-2-4-6-14)20-17(19(23)24)21-18(16)22/h2-10H,11H2,1H3,(H,23,24)(H,20,21,22). The third-order valence-electron chi connectivity index (χ3n) is 3.66. The number of hydrogen-bond donors (Lipinski definition) is 2. The fourth-order valence-electron chi connectivity index (χ4n) is 2.41. The second-order valence-corrected chi connectivity index (χ2v) is 5.51. The molecule has 0 spiro atoms. The van der Waals surface area contributed by atoms with E-state index in [9.17, 15) is 9.59 Å². The number of aromatic carboxylic acids is 1. The van der Waals surface area contributed by atoms with E-state index in [1.807, 2.05) is 37.3 Å². The van der Waals surface area contributed by atoms with Gasteiger partial charge in [-0.05, 0) is 24.6 Å². The highest BCUT2D eigenvalue weighted by Crippen LogP contribution is 2.21. The number of aromatic nitrogens is 2. The van der Waals surface area contributed by atoms with Crippen molar-refractivity contribution in [2.75, 3.05) is 0 Å². The van der Waals surface area contributed by atoms with E-state index in [-0.39, 0.29) is 12.3 Å². The summed E-state index contributed by atoms with van der Waals surface area (Å²) in [6.45, 7) is 1.93. The fraction of sp³-hybridized carbons (Fsp3) is 0.105. The summed E-state index contributed by atoms with van der Waals surface area (Å²) < 4.78 is 5.66. The highest BCUT2D eigenvalue weighted by Gasteiger charge is 2.17. The minimum absolute atomic E-state index is 0.0164. The quantitative estimate of drug-likeness (QED) is 0.747. The molecule has 0 aliphatic rings. The Morgan fingerprint density at radius 3 is 2.44 bits per heavy atom. The van der Waals surface area contributed by atoms with E-state index >= 15 is 0 Å². The van der Waals surface area contributed by atoms with Gasteiger partial charge < -0.3 is 14.8 Å². The van der Waals surface area contributed by atoms with Crippen molar-refractivity contribution in [3.8, 4) is 16.9 Å². The number of carbonyl (C=O) groups is 1. The minimum Gasteiger partial charge on any atom is -0.487 e. The van der Waals surface area contributed by atoms with E-state index in [0.29, 0.717) is 16.9 Å². The predicted octanol–water partition coefficient (Wildman–Crippen LogP) is 3.02.